The Hall–Kier alpha value is -1.15. The zero-order chi connectivity index (χ0) is 11.5. The van der Waals surface area contributed by atoms with Gasteiger partial charge in [0.05, 0.1) is 0 Å². The van der Waals surface area contributed by atoms with Crippen molar-refractivity contribution >= 4 is 5.78 Å². The lowest BCUT2D eigenvalue weighted by atomic mass is 10.0. The van der Waals surface area contributed by atoms with Gasteiger partial charge in [-0.25, -0.2) is 0 Å². The molecule has 0 saturated heterocycles. The molecule has 1 aromatic carbocycles. The molecule has 0 radical (unpaired) electrons. The van der Waals surface area contributed by atoms with Crippen molar-refractivity contribution in [3.63, 3.8) is 0 Å². The molecule has 0 saturated carbocycles. The van der Waals surface area contributed by atoms with Gasteiger partial charge in [-0.3, -0.25) is 4.79 Å². The quantitative estimate of drug-likeness (QED) is 0.773. The predicted molar refractivity (Wildman–Crippen MR) is 65.9 cm³/mol. The average molecular weight is 217 g/mol. The number of carbonyl (C=O) groups excluding carboxylic acids is 1. The molecule has 1 aromatic rings. The third-order valence-corrected chi connectivity index (χ3v) is 3.51. The number of likely N-dealkylation sites (N-methyl/N-ethyl adjacent to an activating group) is 1. The van der Waals surface area contributed by atoms with Crippen LogP contribution < -0.4 is 0 Å². The van der Waals surface area contributed by atoms with Crippen molar-refractivity contribution in [1.82, 2.24) is 4.90 Å². The van der Waals surface area contributed by atoms with Gasteiger partial charge in [0.25, 0.3) is 0 Å². The second-order valence-corrected chi connectivity index (χ2v) is 4.40. The molecule has 0 bridgehead atoms. The molecule has 0 aromatic heterocycles. The molecule has 2 heteroatoms. The van der Waals surface area contributed by atoms with Crippen molar-refractivity contribution in [3.8, 4) is 0 Å². The van der Waals surface area contributed by atoms with E-state index in [4.69, 9.17) is 0 Å². The Labute approximate surface area is 97.3 Å². The molecule has 2 nitrogen and oxygen atoms in total. The smallest absolute Gasteiger partial charge is 0.163 e. The van der Waals surface area contributed by atoms with Gasteiger partial charge < -0.3 is 4.90 Å². The molecule has 0 aliphatic heterocycles. The van der Waals surface area contributed by atoms with Crippen LogP contribution >= 0.6 is 0 Å². The first-order valence-electron chi connectivity index (χ1n) is 6.10. The van der Waals surface area contributed by atoms with E-state index in [-0.39, 0.29) is 0 Å². The zero-order valence-corrected chi connectivity index (χ0v) is 10.1. The fraction of sp³-hybridized carbons (Fsp3) is 0.500. The van der Waals surface area contributed by atoms with E-state index >= 15 is 0 Å². The summed E-state index contributed by atoms with van der Waals surface area (Å²) in [6.07, 6.45) is 0.690. The third kappa shape index (κ3) is 2.03. The van der Waals surface area contributed by atoms with Gasteiger partial charge in [-0.15, -0.1) is 0 Å². The van der Waals surface area contributed by atoms with Gasteiger partial charge in [-0.1, -0.05) is 38.1 Å². The summed E-state index contributed by atoms with van der Waals surface area (Å²) < 4.78 is 0. The molecule has 1 aliphatic carbocycles. The summed E-state index contributed by atoms with van der Waals surface area (Å²) in [7, 11) is 0. The number of benzene rings is 1. The molecular formula is C14H19NO. The fourth-order valence-corrected chi connectivity index (χ4v) is 2.51. The average Bonchev–Trinajstić information content (AvgIpc) is 2.64. The number of Topliss-reactive ketones (excluding diaryl/α,β-unsaturated/α-hetero) is 1. The highest BCUT2D eigenvalue weighted by Crippen LogP contribution is 2.33. The highest BCUT2D eigenvalue weighted by molar-refractivity contribution is 6.01. The number of nitrogens with zero attached hydrogens (tertiary/aromatic N) is 1. The van der Waals surface area contributed by atoms with E-state index in [2.05, 4.69) is 24.8 Å². The minimum absolute atomic E-state index is 0.313. The third-order valence-electron chi connectivity index (χ3n) is 3.51. The lowest BCUT2D eigenvalue weighted by molar-refractivity contribution is 0.0984. The molecule has 1 atom stereocenters. The van der Waals surface area contributed by atoms with Crippen molar-refractivity contribution in [2.75, 3.05) is 19.6 Å². The molecule has 0 spiro atoms. The topological polar surface area (TPSA) is 20.3 Å². The first-order chi connectivity index (χ1) is 7.76. The van der Waals surface area contributed by atoms with Crippen molar-refractivity contribution in [2.45, 2.75) is 26.2 Å². The normalized spacial score (nSPS) is 19.2. The van der Waals surface area contributed by atoms with Crippen molar-refractivity contribution in [1.29, 1.82) is 0 Å². The molecule has 0 amide bonds. The highest BCUT2D eigenvalue weighted by Gasteiger charge is 2.29. The monoisotopic (exact) mass is 217 g/mol. The number of hydrogen-bond acceptors (Lipinski definition) is 2. The Balaban J connectivity index is 2.17. The molecule has 2 rings (SSSR count). The fourth-order valence-electron chi connectivity index (χ4n) is 2.51. The molecule has 1 aliphatic rings. The minimum Gasteiger partial charge on any atom is -0.303 e. The van der Waals surface area contributed by atoms with Gasteiger partial charge in [0.15, 0.2) is 5.78 Å². The summed E-state index contributed by atoms with van der Waals surface area (Å²) in [5.41, 5.74) is 2.19. The van der Waals surface area contributed by atoms with Gasteiger partial charge in [0, 0.05) is 24.4 Å². The van der Waals surface area contributed by atoms with Gasteiger partial charge in [-0.05, 0) is 18.7 Å². The molecule has 0 heterocycles. The van der Waals surface area contributed by atoms with Crippen LogP contribution in [0, 0.1) is 0 Å². The van der Waals surface area contributed by atoms with Gasteiger partial charge in [0.1, 0.15) is 0 Å². The number of fused-ring (bicyclic) bond motifs is 1. The van der Waals surface area contributed by atoms with E-state index in [1.807, 2.05) is 18.2 Å². The highest BCUT2D eigenvalue weighted by atomic mass is 16.1. The predicted octanol–water partition coefficient (Wildman–Crippen LogP) is 2.70. The maximum absolute atomic E-state index is 11.8. The first-order valence-corrected chi connectivity index (χ1v) is 6.10. The standard InChI is InChI=1S/C14H19NO/c1-3-15(4-2)10-11-9-14(16)13-8-6-5-7-12(11)13/h5-8,11H,3-4,9-10H2,1-2H3/t11-/m0/s1. The molecule has 0 unspecified atom stereocenters. The second kappa shape index (κ2) is 4.79. The van der Waals surface area contributed by atoms with E-state index in [1.165, 1.54) is 5.56 Å². The Morgan fingerprint density at radius 1 is 1.25 bits per heavy atom. The summed E-state index contributed by atoms with van der Waals surface area (Å²) in [5.74, 6) is 0.719. The second-order valence-electron chi connectivity index (χ2n) is 4.40. The Bertz CT molecular complexity index is 382. The SMILES string of the molecule is CCN(CC)C[C@@H]1CC(=O)c2ccccc21. The van der Waals surface area contributed by atoms with Crippen molar-refractivity contribution in [2.24, 2.45) is 0 Å². The summed E-state index contributed by atoms with van der Waals surface area (Å²) in [6, 6.07) is 8.05. The van der Waals surface area contributed by atoms with Crippen LogP contribution in [0.4, 0.5) is 0 Å². The van der Waals surface area contributed by atoms with Crippen LogP contribution in [0.25, 0.3) is 0 Å². The van der Waals surface area contributed by atoms with Gasteiger partial charge >= 0.3 is 0 Å². The number of carbonyl (C=O) groups is 1. The Kier molecular flexibility index (Phi) is 3.39. The van der Waals surface area contributed by atoms with Crippen LogP contribution in [-0.4, -0.2) is 30.3 Å². The van der Waals surface area contributed by atoms with E-state index in [0.29, 0.717) is 18.1 Å². The summed E-state index contributed by atoms with van der Waals surface area (Å²) >= 11 is 0. The van der Waals surface area contributed by atoms with E-state index in [9.17, 15) is 4.79 Å². The lowest BCUT2D eigenvalue weighted by Gasteiger charge is -2.22. The van der Waals surface area contributed by atoms with Crippen LogP contribution in [0.1, 0.15) is 42.1 Å². The minimum atomic E-state index is 0.313. The van der Waals surface area contributed by atoms with Crippen LogP contribution in [0.15, 0.2) is 24.3 Å². The molecule has 16 heavy (non-hydrogen) atoms. The number of ketones is 1. The molecule has 0 N–H and O–H groups in total. The summed E-state index contributed by atoms with van der Waals surface area (Å²) in [4.78, 5) is 14.2. The molecular weight excluding hydrogens is 198 g/mol. The molecule has 0 fully saturated rings. The lowest BCUT2D eigenvalue weighted by Crippen LogP contribution is -2.27. The van der Waals surface area contributed by atoms with Gasteiger partial charge in [-0.2, -0.15) is 0 Å². The summed E-state index contributed by atoms with van der Waals surface area (Å²) in [6.45, 7) is 7.47. The van der Waals surface area contributed by atoms with Crippen molar-refractivity contribution < 1.29 is 4.79 Å². The maximum atomic E-state index is 11.8. The van der Waals surface area contributed by atoms with E-state index in [1.54, 1.807) is 0 Å². The van der Waals surface area contributed by atoms with Crippen LogP contribution in [0.2, 0.25) is 0 Å². The van der Waals surface area contributed by atoms with E-state index < -0.39 is 0 Å². The van der Waals surface area contributed by atoms with Crippen LogP contribution in [-0.2, 0) is 0 Å². The summed E-state index contributed by atoms with van der Waals surface area (Å²) in [5, 5.41) is 0. The number of hydrogen-bond donors (Lipinski definition) is 0. The Morgan fingerprint density at radius 3 is 2.62 bits per heavy atom. The maximum Gasteiger partial charge on any atom is 0.163 e. The number of rotatable bonds is 4. The first kappa shape index (κ1) is 11.3. The van der Waals surface area contributed by atoms with Crippen LogP contribution in [0.3, 0.4) is 0 Å². The van der Waals surface area contributed by atoms with E-state index in [0.717, 1.165) is 25.2 Å². The van der Waals surface area contributed by atoms with Crippen molar-refractivity contribution in [3.05, 3.63) is 35.4 Å². The van der Waals surface area contributed by atoms with Crippen LogP contribution in [0.5, 0.6) is 0 Å². The van der Waals surface area contributed by atoms with Gasteiger partial charge in [0.2, 0.25) is 0 Å². The largest absolute Gasteiger partial charge is 0.303 e. The molecule has 86 valence electrons. The Morgan fingerprint density at radius 2 is 1.94 bits per heavy atom. The zero-order valence-electron chi connectivity index (χ0n) is 10.1.